The van der Waals surface area contributed by atoms with Crippen molar-refractivity contribution in [2.24, 2.45) is 4.99 Å². The predicted molar refractivity (Wildman–Crippen MR) is 70.1 cm³/mol. The van der Waals surface area contributed by atoms with E-state index in [4.69, 9.17) is 5.26 Å². The van der Waals surface area contributed by atoms with Crippen molar-refractivity contribution in [1.29, 1.82) is 5.26 Å². The molecule has 0 aliphatic carbocycles. The molecule has 92 valence electrons. The van der Waals surface area contributed by atoms with Crippen molar-refractivity contribution in [1.82, 2.24) is 15.0 Å². The van der Waals surface area contributed by atoms with Crippen molar-refractivity contribution < 1.29 is 0 Å². The van der Waals surface area contributed by atoms with Crippen molar-refractivity contribution in [3.63, 3.8) is 0 Å². The highest BCUT2D eigenvalue weighted by atomic mass is 32.1. The summed E-state index contributed by atoms with van der Waals surface area (Å²) in [5, 5.41) is 15.9. The van der Waals surface area contributed by atoms with Crippen molar-refractivity contribution >= 4 is 23.3 Å². The lowest BCUT2D eigenvalue weighted by Crippen LogP contribution is -2.36. The number of nitrogens with zero attached hydrogens (tertiary/aromatic N) is 4. The van der Waals surface area contributed by atoms with E-state index in [-0.39, 0.29) is 0 Å². The molecule has 0 unspecified atom stereocenters. The summed E-state index contributed by atoms with van der Waals surface area (Å²) in [6, 6.07) is 1.99. The van der Waals surface area contributed by atoms with E-state index in [1.807, 2.05) is 24.7 Å². The first kappa shape index (κ1) is 13.3. The van der Waals surface area contributed by atoms with Gasteiger partial charge in [-0.05, 0) is 24.0 Å². The monoisotopic (exact) mass is 252 g/mol. The van der Waals surface area contributed by atoms with Gasteiger partial charge in [0, 0.05) is 32.6 Å². The van der Waals surface area contributed by atoms with E-state index >= 15 is 0 Å². The van der Waals surface area contributed by atoms with Crippen LogP contribution in [0, 0.1) is 11.5 Å². The highest BCUT2D eigenvalue weighted by Gasteiger charge is 2.02. The number of guanidine groups is 1. The van der Waals surface area contributed by atoms with Gasteiger partial charge in [-0.3, -0.25) is 10.3 Å². The molecular weight excluding hydrogens is 236 g/mol. The maximum absolute atomic E-state index is 8.44. The fraction of sp³-hybridized carbons (Fsp3) is 0.500. The summed E-state index contributed by atoms with van der Waals surface area (Å²) in [5.74, 6) is 1.50. The molecule has 0 aromatic carbocycles. The van der Waals surface area contributed by atoms with E-state index in [1.54, 1.807) is 7.05 Å². The number of aliphatic imine (C=N–C) groups is 1. The second-order valence-electron chi connectivity index (χ2n) is 3.37. The zero-order valence-corrected chi connectivity index (χ0v) is 10.8. The molecule has 0 fully saturated rings. The zero-order chi connectivity index (χ0) is 12.5. The maximum Gasteiger partial charge on any atom is 0.204 e. The van der Waals surface area contributed by atoms with Crippen LogP contribution >= 0.6 is 11.5 Å². The van der Waals surface area contributed by atoms with E-state index < -0.39 is 0 Å². The molecule has 0 aliphatic heterocycles. The summed E-state index contributed by atoms with van der Waals surface area (Å²) in [6.07, 6.45) is 2.77. The van der Waals surface area contributed by atoms with Gasteiger partial charge in [0.25, 0.3) is 0 Å². The number of anilines is 1. The summed E-state index contributed by atoms with van der Waals surface area (Å²) < 4.78 is 4.24. The van der Waals surface area contributed by atoms with E-state index in [0.29, 0.717) is 5.96 Å². The third-order valence-electron chi connectivity index (χ3n) is 2.18. The lowest BCUT2D eigenvalue weighted by molar-refractivity contribution is 0.741. The van der Waals surface area contributed by atoms with E-state index in [0.717, 1.165) is 25.3 Å². The molecule has 0 saturated heterocycles. The molecule has 1 aromatic heterocycles. The van der Waals surface area contributed by atoms with Crippen LogP contribution in [0.5, 0.6) is 0 Å². The van der Waals surface area contributed by atoms with Crippen LogP contribution in [0.3, 0.4) is 0 Å². The molecule has 1 aromatic rings. The van der Waals surface area contributed by atoms with Gasteiger partial charge in [-0.15, -0.1) is 0 Å². The molecule has 7 heteroatoms. The van der Waals surface area contributed by atoms with Gasteiger partial charge in [0.1, 0.15) is 5.82 Å². The molecule has 0 radical (unpaired) electrons. The number of nitriles is 1. The molecular formula is C10H16N6S. The Hall–Kier alpha value is -1.81. The first-order valence-electron chi connectivity index (χ1n) is 5.25. The molecule has 17 heavy (non-hydrogen) atoms. The summed E-state index contributed by atoms with van der Waals surface area (Å²) in [7, 11) is 3.64. The SMILES string of the molecule is C/N=C(\NC#N)NCCCN(C)c1ccsn1. The topological polar surface area (TPSA) is 76.3 Å². The van der Waals surface area contributed by atoms with Gasteiger partial charge in [-0.2, -0.15) is 9.64 Å². The highest BCUT2D eigenvalue weighted by molar-refractivity contribution is 7.03. The van der Waals surface area contributed by atoms with Crippen LogP contribution in [-0.2, 0) is 0 Å². The summed E-state index contributed by atoms with van der Waals surface area (Å²) in [6.45, 7) is 1.66. The van der Waals surface area contributed by atoms with E-state index in [9.17, 15) is 0 Å². The average molecular weight is 252 g/mol. The van der Waals surface area contributed by atoms with Crippen molar-refractivity contribution in [2.45, 2.75) is 6.42 Å². The van der Waals surface area contributed by atoms with Crippen LogP contribution in [0.25, 0.3) is 0 Å². The summed E-state index contributed by atoms with van der Waals surface area (Å²) in [5.41, 5.74) is 0. The average Bonchev–Trinajstić information content (AvgIpc) is 2.86. The number of nitrogens with one attached hydrogen (secondary N) is 2. The Morgan fingerprint density at radius 1 is 1.71 bits per heavy atom. The third-order valence-corrected chi connectivity index (χ3v) is 2.73. The normalized spacial score (nSPS) is 10.8. The quantitative estimate of drug-likeness (QED) is 0.264. The fourth-order valence-corrected chi connectivity index (χ4v) is 1.82. The second-order valence-corrected chi connectivity index (χ2v) is 4.03. The summed E-state index contributed by atoms with van der Waals surface area (Å²) in [4.78, 5) is 5.99. The molecule has 1 rings (SSSR count). The largest absolute Gasteiger partial charge is 0.359 e. The number of aromatic nitrogens is 1. The van der Waals surface area contributed by atoms with Gasteiger partial charge in [0.05, 0.1) is 0 Å². The van der Waals surface area contributed by atoms with Gasteiger partial charge in [0.2, 0.25) is 5.96 Å². The van der Waals surface area contributed by atoms with Crippen LogP contribution in [0.2, 0.25) is 0 Å². The Balaban J connectivity index is 2.18. The first-order valence-corrected chi connectivity index (χ1v) is 6.09. The van der Waals surface area contributed by atoms with Crippen molar-refractivity contribution in [3.05, 3.63) is 11.4 Å². The van der Waals surface area contributed by atoms with Gasteiger partial charge in [0.15, 0.2) is 6.19 Å². The van der Waals surface area contributed by atoms with Gasteiger partial charge < -0.3 is 10.2 Å². The van der Waals surface area contributed by atoms with Crippen LogP contribution < -0.4 is 15.5 Å². The van der Waals surface area contributed by atoms with Crippen LogP contribution in [-0.4, -0.2) is 37.5 Å². The van der Waals surface area contributed by atoms with Crippen LogP contribution in [0.4, 0.5) is 5.82 Å². The Kier molecular flexibility index (Phi) is 5.82. The molecule has 0 aliphatic rings. The first-order chi connectivity index (χ1) is 8.27. The van der Waals surface area contributed by atoms with Gasteiger partial charge >= 0.3 is 0 Å². The molecule has 2 N–H and O–H groups in total. The predicted octanol–water partition coefficient (Wildman–Crippen LogP) is 0.615. The molecule has 0 saturated carbocycles. The molecule has 0 bridgehead atoms. The van der Waals surface area contributed by atoms with Gasteiger partial charge in [-0.1, -0.05) is 0 Å². The van der Waals surface area contributed by atoms with Crippen LogP contribution in [0.1, 0.15) is 6.42 Å². The maximum atomic E-state index is 8.44. The number of hydrogen-bond acceptors (Lipinski definition) is 5. The van der Waals surface area contributed by atoms with Crippen LogP contribution in [0.15, 0.2) is 16.4 Å². The zero-order valence-electron chi connectivity index (χ0n) is 9.97. The molecule has 0 spiro atoms. The fourth-order valence-electron chi connectivity index (χ4n) is 1.27. The number of hydrogen-bond donors (Lipinski definition) is 2. The molecule has 0 atom stereocenters. The highest BCUT2D eigenvalue weighted by Crippen LogP contribution is 2.10. The molecule has 6 nitrogen and oxygen atoms in total. The molecule has 0 amide bonds. The standard InChI is InChI=1S/C10H16N6S/c1-12-10(14-8-11)13-5-3-6-16(2)9-4-7-17-15-9/h4,7H,3,5-6H2,1-2H3,(H2,12,13,14). The Labute approximate surface area is 105 Å². The van der Waals surface area contributed by atoms with E-state index in [2.05, 4.69) is 24.9 Å². The number of rotatable bonds is 5. The van der Waals surface area contributed by atoms with Gasteiger partial charge in [-0.25, -0.2) is 0 Å². The Bertz CT molecular complexity index is 380. The third kappa shape index (κ3) is 4.70. The molecule has 1 heterocycles. The minimum absolute atomic E-state index is 0.504. The smallest absolute Gasteiger partial charge is 0.204 e. The minimum Gasteiger partial charge on any atom is -0.359 e. The Morgan fingerprint density at radius 3 is 3.12 bits per heavy atom. The second kappa shape index (κ2) is 7.46. The Morgan fingerprint density at radius 2 is 2.53 bits per heavy atom. The van der Waals surface area contributed by atoms with Crippen molar-refractivity contribution in [2.75, 3.05) is 32.1 Å². The van der Waals surface area contributed by atoms with E-state index in [1.165, 1.54) is 11.5 Å². The van der Waals surface area contributed by atoms with Crippen molar-refractivity contribution in [3.8, 4) is 6.19 Å². The summed E-state index contributed by atoms with van der Waals surface area (Å²) >= 11 is 1.45. The minimum atomic E-state index is 0.504. The lowest BCUT2D eigenvalue weighted by atomic mass is 10.4. The lowest BCUT2D eigenvalue weighted by Gasteiger charge is -2.16.